The molecule has 1 aliphatic heterocycles. The fraction of sp³-hybridized carbons (Fsp3) is 0.231. The normalized spacial score (nSPS) is 22.8. The van der Waals surface area contributed by atoms with E-state index in [1.165, 1.54) is 12.1 Å². The van der Waals surface area contributed by atoms with Gasteiger partial charge in [0.1, 0.15) is 11.8 Å². The summed E-state index contributed by atoms with van der Waals surface area (Å²) in [6.45, 7) is 0. The molecule has 0 radical (unpaired) electrons. The van der Waals surface area contributed by atoms with E-state index in [9.17, 15) is 9.59 Å². The molecule has 2 rings (SSSR count). The fourth-order valence-corrected chi connectivity index (χ4v) is 2.89. The van der Waals surface area contributed by atoms with Crippen molar-refractivity contribution in [1.29, 1.82) is 10.5 Å². The van der Waals surface area contributed by atoms with Crippen LogP contribution in [0.5, 0.6) is 0 Å². The van der Waals surface area contributed by atoms with Gasteiger partial charge in [-0.25, -0.2) is 0 Å². The molecule has 2 amide bonds. The van der Waals surface area contributed by atoms with Gasteiger partial charge in [-0.1, -0.05) is 29.3 Å². The van der Waals surface area contributed by atoms with Crippen LogP contribution in [-0.2, 0) is 9.59 Å². The molecule has 0 unspecified atom stereocenters. The first kappa shape index (κ1) is 14.3. The number of halogens is 2. The molecule has 100 valence electrons. The van der Waals surface area contributed by atoms with Crippen molar-refractivity contribution in [3.8, 4) is 12.1 Å². The van der Waals surface area contributed by atoms with Crippen molar-refractivity contribution in [3.63, 3.8) is 0 Å². The van der Waals surface area contributed by atoms with Crippen molar-refractivity contribution in [3.05, 3.63) is 33.8 Å². The number of benzene rings is 1. The Morgan fingerprint density at radius 2 is 1.45 bits per heavy atom. The first-order valence-corrected chi connectivity index (χ1v) is 6.34. The molecule has 0 bridgehead atoms. The molecule has 1 aliphatic rings. The second kappa shape index (κ2) is 5.50. The van der Waals surface area contributed by atoms with Crippen molar-refractivity contribution >= 4 is 35.0 Å². The van der Waals surface area contributed by atoms with Gasteiger partial charge in [0.25, 0.3) is 0 Å². The fourth-order valence-electron chi connectivity index (χ4n) is 2.24. The Bertz CT molecular complexity index is 623. The Morgan fingerprint density at radius 1 is 1.00 bits per heavy atom. The number of nitriles is 2. The molecule has 0 spiro atoms. The van der Waals surface area contributed by atoms with Crippen molar-refractivity contribution in [1.82, 2.24) is 5.32 Å². The zero-order valence-electron chi connectivity index (χ0n) is 9.93. The average molecular weight is 308 g/mol. The second-order valence-corrected chi connectivity index (χ2v) is 5.04. The molecule has 5 nitrogen and oxygen atoms in total. The van der Waals surface area contributed by atoms with Crippen LogP contribution in [0, 0.1) is 34.5 Å². The van der Waals surface area contributed by atoms with E-state index < -0.39 is 29.6 Å². The molecule has 0 saturated carbocycles. The Kier molecular flexibility index (Phi) is 3.94. The maximum absolute atomic E-state index is 11.8. The summed E-state index contributed by atoms with van der Waals surface area (Å²) in [5.74, 6) is -4.87. The van der Waals surface area contributed by atoms with Gasteiger partial charge in [-0.05, 0) is 17.7 Å². The lowest BCUT2D eigenvalue weighted by Gasteiger charge is -2.30. The second-order valence-electron chi connectivity index (χ2n) is 4.23. The Labute approximate surface area is 124 Å². The topological polar surface area (TPSA) is 93.8 Å². The molecule has 1 N–H and O–H groups in total. The molecule has 2 atom stereocenters. The van der Waals surface area contributed by atoms with Gasteiger partial charge in [0, 0.05) is 16.0 Å². The Hall–Kier alpha value is -2.08. The molecule has 0 aliphatic carbocycles. The van der Waals surface area contributed by atoms with Crippen LogP contribution < -0.4 is 5.32 Å². The number of nitrogens with zero attached hydrogens (tertiary/aromatic N) is 2. The number of amides is 2. The van der Waals surface area contributed by atoms with E-state index in [4.69, 9.17) is 33.7 Å². The molecule has 0 aromatic heterocycles. The van der Waals surface area contributed by atoms with E-state index in [0.29, 0.717) is 0 Å². The SMILES string of the molecule is N#C[C@@H]1C(=O)NC(=O)[C@@H](C#N)C1c1c(Cl)cccc1Cl. The molecular weight excluding hydrogens is 301 g/mol. The van der Waals surface area contributed by atoms with Crippen LogP contribution in [0.2, 0.25) is 10.0 Å². The lowest BCUT2D eigenvalue weighted by molar-refractivity contribution is -0.137. The zero-order chi connectivity index (χ0) is 14.9. The number of hydrogen-bond donors (Lipinski definition) is 1. The molecule has 20 heavy (non-hydrogen) atoms. The third-order valence-electron chi connectivity index (χ3n) is 3.14. The third-order valence-corrected chi connectivity index (χ3v) is 3.80. The number of nitrogens with one attached hydrogen (secondary N) is 1. The molecular formula is C13H7Cl2N3O2. The summed E-state index contributed by atoms with van der Waals surface area (Å²) in [5.41, 5.74) is 0.275. The van der Waals surface area contributed by atoms with E-state index in [2.05, 4.69) is 0 Å². The van der Waals surface area contributed by atoms with Crippen LogP contribution in [0.25, 0.3) is 0 Å². The van der Waals surface area contributed by atoms with Crippen molar-refractivity contribution in [2.75, 3.05) is 0 Å². The summed E-state index contributed by atoms with van der Waals surface area (Å²) in [7, 11) is 0. The molecule has 1 heterocycles. The van der Waals surface area contributed by atoms with Gasteiger partial charge in [-0.15, -0.1) is 0 Å². The summed E-state index contributed by atoms with van der Waals surface area (Å²) in [6.07, 6.45) is 0. The Morgan fingerprint density at radius 3 is 1.85 bits per heavy atom. The lowest BCUT2D eigenvalue weighted by atomic mass is 9.74. The smallest absolute Gasteiger partial charge is 0.244 e. The number of imide groups is 1. The van der Waals surface area contributed by atoms with Crippen molar-refractivity contribution in [2.24, 2.45) is 11.8 Å². The number of piperidine rings is 1. The van der Waals surface area contributed by atoms with E-state index in [0.717, 1.165) is 0 Å². The number of carbonyl (C=O) groups excluding carboxylic acids is 2. The highest BCUT2D eigenvalue weighted by molar-refractivity contribution is 6.36. The number of hydrogen-bond acceptors (Lipinski definition) is 4. The van der Waals surface area contributed by atoms with Gasteiger partial charge in [-0.2, -0.15) is 10.5 Å². The first-order valence-electron chi connectivity index (χ1n) is 5.59. The molecule has 1 aromatic carbocycles. The number of rotatable bonds is 1. The summed E-state index contributed by atoms with van der Waals surface area (Å²) >= 11 is 12.1. The van der Waals surface area contributed by atoms with Crippen LogP contribution in [-0.4, -0.2) is 11.8 Å². The minimum absolute atomic E-state index is 0.213. The predicted molar refractivity (Wildman–Crippen MR) is 70.6 cm³/mol. The van der Waals surface area contributed by atoms with Crippen molar-refractivity contribution in [2.45, 2.75) is 5.92 Å². The van der Waals surface area contributed by atoms with Crippen LogP contribution in [0.3, 0.4) is 0 Å². The van der Waals surface area contributed by atoms with Crippen LogP contribution in [0.15, 0.2) is 18.2 Å². The maximum Gasteiger partial charge on any atom is 0.244 e. The molecule has 7 heteroatoms. The van der Waals surface area contributed by atoms with Gasteiger partial charge in [0.2, 0.25) is 11.8 Å². The summed E-state index contributed by atoms with van der Waals surface area (Å²) in [6, 6.07) is 8.28. The average Bonchev–Trinajstić information content (AvgIpc) is 2.38. The summed E-state index contributed by atoms with van der Waals surface area (Å²) in [5, 5.41) is 20.8. The van der Waals surface area contributed by atoms with E-state index >= 15 is 0 Å². The quantitative estimate of drug-likeness (QED) is 0.803. The highest BCUT2D eigenvalue weighted by atomic mass is 35.5. The standard InChI is InChI=1S/C13H7Cl2N3O2/c14-8-2-1-3-9(15)11(8)10-6(4-16)12(19)18-13(20)7(10)5-17/h1-3,6-7,10H,(H,18,19,20)/t6-,7-/m0/s1. The van der Waals surface area contributed by atoms with Gasteiger partial charge in [0.05, 0.1) is 12.1 Å². The van der Waals surface area contributed by atoms with Gasteiger partial charge in [0.15, 0.2) is 0 Å². The first-order chi connectivity index (χ1) is 9.51. The van der Waals surface area contributed by atoms with Gasteiger partial charge in [-0.3, -0.25) is 14.9 Å². The predicted octanol–water partition coefficient (Wildman–Crippen LogP) is 2.01. The van der Waals surface area contributed by atoms with Gasteiger partial charge >= 0.3 is 0 Å². The Balaban J connectivity index is 2.65. The van der Waals surface area contributed by atoms with Crippen LogP contribution in [0.1, 0.15) is 11.5 Å². The zero-order valence-corrected chi connectivity index (χ0v) is 11.4. The minimum atomic E-state index is -1.20. The van der Waals surface area contributed by atoms with Crippen LogP contribution in [0.4, 0.5) is 0 Å². The van der Waals surface area contributed by atoms with Gasteiger partial charge < -0.3 is 0 Å². The summed E-state index contributed by atoms with van der Waals surface area (Å²) < 4.78 is 0. The van der Waals surface area contributed by atoms with Crippen molar-refractivity contribution < 1.29 is 9.59 Å². The van der Waals surface area contributed by atoms with Crippen LogP contribution >= 0.6 is 23.2 Å². The van der Waals surface area contributed by atoms with E-state index in [1.54, 1.807) is 6.07 Å². The molecule has 1 fully saturated rings. The third kappa shape index (κ3) is 2.22. The monoisotopic (exact) mass is 307 g/mol. The van der Waals surface area contributed by atoms with E-state index in [1.807, 2.05) is 17.5 Å². The number of carbonyl (C=O) groups is 2. The lowest BCUT2D eigenvalue weighted by Crippen LogP contribution is -2.50. The highest BCUT2D eigenvalue weighted by Gasteiger charge is 2.46. The molecule has 1 aromatic rings. The largest absolute Gasteiger partial charge is 0.294 e. The highest BCUT2D eigenvalue weighted by Crippen LogP contribution is 2.42. The van der Waals surface area contributed by atoms with E-state index in [-0.39, 0.29) is 15.6 Å². The maximum atomic E-state index is 11.8. The summed E-state index contributed by atoms with van der Waals surface area (Å²) in [4.78, 5) is 23.5. The molecule has 1 saturated heterocycles. The minimum Gasteiger partial charge on any atom is -0.294 e.